The van der Waals surface area contributed by atoms with E-state index in [1.165, 1.54) is 33.0 Å². The van der Waals surface area contributed by atoms with Gasteiger partial charge in [-0.3, -0.25) is 8.97 Å². The van der Waals surface area contributed by atoms with Crippen molar-refractivity contribution >= 4 is 49.4 Å². The first-order chi connectivity index (χ1) is 18.7. The molecular weight excluding hydrogens is 464 g/mol. The van der Waals surface area contributed by atoms with Crippen molar-refractivity contribution < 1.29 is 0 Å². The number of hydrogen-bond acceptors (Lipinski definition) is 2. The molecule has 5 aromatic carbocycles. The first-order valence-corrected chi connectivity index (χ1v) is 12.9. The van der Waals surface area contributed by atoms with Crippen molar-refractivity contribution in [2.24, 2.45) is 0 Å². The molecule has 0 spiro atoms. The van der Waals surface area contributed by atoms with E-state index in [0.717, 1.165) is 44.6 Å². The average Bonchev–Trinajstić information content (AvgIpc) is 3.48. The largest absolute Gasteiger partial charge is 0.279 e. The summed E-state index contributed by atoms with van der Waals surface area (Å²) in [6.07, 6.45) is 0. The van der Waals surface area contributed by atoms with Crippen LogP contribution in [-0.2, 0) is 0 Å². The van der Waals surface area contributed by atoms with Crippen LogP contribution in [0.4, 0.5) is 0 Å². The fraction of sp³-hybridized carbons (Fsp3) is 0.0588. The Morgan fingerprint density at radius 1 is 0.500 bits per heavy atom. The highest BCUT2D eigenvalue weighted by atomic mass is 15.2. The molecule has 0 amide bonds. The lowest BCUT2D eigenvalue weighted by molar-refractivity contribution is 0.979. The number of aromatic nitrogens is 4. The maximum Gasteiger partial charge on any atom is 0.221 e. The van der Waals surface area contributed by atoms with Crippen molar-refractivity contribution in [1.82, 2.24) is 18.9 Å². The van der Waals surface area contributed by atoms with Gasteiger partial charge in [0.25, 0.3) is 0 Å². The molecule has 0 bridgehead atoms. The van der Waals surface area contributed by atoms with Gasteiger partial charge in [-0.05, 0) is 61.4 Å². The summed E-state index contributed by atoms with van der Waals surface area (Å²) in [6, 6.07) is 38.8. The predicted octanol–water partition coefficient (Wildman–Crippen LogP) is 8.42. The van der Waals surface area contributed by atoms with Crippen molar-refractivity contribution in [3.05, 3.63) is 120 Å². The summed E-state index contributed by atoms with van der Waals surface area (Å²) in [6.45, 7) is 4.32. The highest BCUT2D eigenvalue weighted by molar-refractivity contribution is 6.10. The monoisotopic (exact) mass is 488 g/mol. The smallest absolute Gasteiger partial charge is 0.221 e. The first-order valence-electron chi connectivity index (χ1n) is 12.9. The van der Waals surface area contributed by atoms with Gasteiger partial charge in [0, 0.05) is 16.2 Å². The molecule has 0 N–H and O–H groups in total. The topological polar surface area (TPSA) is 35.1 Å². The highest BCUT2D eigenvalue weighted by Crippen LogP contribution is 2.36. The minimum Gasteiger partial charge on any atom is -0.279 e. The molecule has 38 heavy (non-hydrogen) atoms. The van der Waals surface area contributed by atoms with Crippen LogP contribution in [0.1, 0.15) is 11.1 Å². The van der Waals surface area contributed by atoms with E-state index in [1.807, 2.05) is 12.1 Å². The Kier molecular flexibility index (Phi) is 4.32. The molecule has 8 aromatic rings. The SMILES string of the molecule is Cc1cc(C)cc(-c2ccc3c4ccccc4n(-c4nc5ccccc5c5nc6ccccc6n45)c3c2)c1. The second kappa shape index (κ2) is 7.77. The number of rotatable bonds is 2. The molecule has 0 saturated carbocycles. The van der Waals surface area contributed by atoms with Crippen molar-refractivity contribution in [2.75, 3.05) is 0 Å². The van der Waals surface area contributed by atoms with E-state index < -0.39 is 0 Å². The third-order valence-corrected chi connectivity index (χ3v) is 7.55. The Labute approximate surface area is 219 Å². The van der Waals surface area contributed by atoms with Gasteiger partial charge in [-0.25, -0.2) is 9.97 Å². The van der Waals surface area contributed by atoms with E-state index in [-0.39, 0.29) is 0 Å². The molecule has 3 aromatic heterocycles. The van der Waals surface area contributed by atoms with Crippen LogP contribution >= 0.6 is 0 Å². The second-order valence-electron chi connectivity index (χ2n) is 10.1. The highest BCUT2D eigenvalue weighted by Gasteiger charge is 2.20. The predicted molar refractivity (Wildman–Crippen MR) is 157 cm³/mol. The normalized spacial score (nSPS) is 11.9. The number of aryl methyl sites for hydroxylation is 2. The minimum atomic E-state index is 0.844. The Morgan fingerprint density at radius 3 is 1.97 bits per heavy atom. The summed E-state index contributed by atoms with van der Waals surface area (Å²) in [5, 5.41) is 3.47. The molecule has 0 fully saturated rings. The van der Waals surface area contributed by atoms with E-state index in [9.17, 15) is 0 Å². The van der Waals surface area contributed by atoms with Crippen molar-refractivity contribution in [3.63, 3.8) is 0 Å². The van der Waals surface area contributed by atoms with Gasteiger partial charge in [-0.1, -0.05) is 83.9 Å². The molecule has 0 atom stereocenters. The summed E-state index contributed by atoms with van der Waals surface area (Å²) in [4.78, 5) is 10.4. The lowest BCUT2D eigenvalue weighted by Crippen LogP contribution is -2.06. The molecule has 0 unspecified atom stereocenters. The third-order valence-electron chi connectivity index (χ3n) is 7.55. The van der Waals surface area contributed by atoms with Crippen LogP contribution in [0.5, 0.6) is 0 Å². The van der Waals surface area contributed by atoms with Gasteiger partial charge in [-0.15, -0.1) is 0 Å². The van der Waals surface area contributed by atoms with E-state index >= 15 is 0 Å². The van der Waals surface area contributed by atoms with Crippen molar-refractivity contribution in [1.29, 1.82) is 0 Å². The Bertz CT molecular complexity index is 2190. The summed E-state index contributed by atoms with van der Waals surface area (Å²) >= 11 is 0. The molecule has 0 aliphatic heterocycles. The van der Waals surface area contributed by atoms with Gasteiger partial charge >= 0.3 is 0 Å². The number of imidazole rings is 1. The summed E-state index contributed by atoms with van der Waals surface area (Å²) in [5.41, 5.74) is 11.1. The molecule has 4 heteroatoms. The Hall–Kier alpha value is -4.96. The van der Waals surface area contributed by atoms with Gasteiger partial charge in [0.2, 0.25) is 5.95 Å². The van der Waals surface area contributed by atoms with Crippen LogP contribution in [0.3, 0.4) is 0 Å². The number of fused-ring (bicyclic) bond motifs is 8. The summed E-state index contributed by atoms with van der Waals surface area (Å²) in [7, 11) is 0. The van der Waals surface area contributed by atoms with Crippen LogP contribution in [0, 0.1) is 13.8 Å². The molecule has 180 valence electrons. The van der Waals surface area contributed by atoms with Gasteiger partial charge in [0.15, 0.2) is 0 Å². The lowest BCUT2D eigenvalue weighted by Gasteiger charge is -2.13. The van der Waals surface area contributed by atoms with E-state index in [2.05, 4.69) is 120 Å². The van der Waals surface area contributed by atoms with Gasteiger partial charge in [0.05, 0.1) is 27.6 Å². The van der Waals surface area contributed by atoms with Crippen molar-refractivity contribution in [2.45, 2.75) is 13.8 Å². The Balaban J connectivity index is 1.56. The zero-order chi connectivity index (χ0) is 25.4. The lowest BCUT2D eigenvalue weighted by atomic mass is 9.99. The second-order valence-corrected chi connectivity index (χ2v) is 10.1. The molecule has 4 nitrogen and oxygen atoms in total. The van der Waals surface area contributed by atoms with Crippen LogP contribution in [0.2, 0.25) is 0 Å². The molecule has 8 rings (SSSR count). The van der Waals surface area contributed by atoms with Gasteiger partial charge in [-0.2, -0.15) is 0 Å². The average molecular weight is 489 g/mol. The van der Waals surface area contributed by atoms with E-state index in [1.54, 1.807) is 0 Å². The van der Waals surface area contributed by atoms with Gasteiger partial charge in [0.1, 0.15) is 5.65 Å². The standard InChI is InChI=1S/C34H24N4/c1-21-17-22(2)19-24(18-21)23-15-16-26-25-9-4-7-13-30(25)37(32(26)20-23)34-36-28-11-5-3-10-27(28)33-35-29-12-6-8-14-31(29)38(33)34/h3-20H,1-2H3. The number of nitrogens with zero attached hydrogens (tertiary/aromatic N) is 4. The maximum absolute atomic E-state index is 5.29. The first kappa shape index (κ1) is 21.2. The fourth-order valence-electron chi connectivity index (χ4n) is 5.98. The van der Waals surface area contributed by atoms with E-state index in [4.69, 9.17) is 9.97 Å². The molecule has 0 saturated heterocycles. The Morgan fingerprint density at radius 2 is 1.16 bits per heavy atom. The van der Waals surface area contributed by atoms with Crippen LogP contribution in [0.25, 0.3) is 66.5 Å². The van der Waals surface area contributed by atoms with E-state index in [0.29, 0.717) is 0 Å². The fourth-order valence-corrected chi connectivity index (χ4v) is 5.98. The summed E-state index contributed by atoms with van der Waals surface area (Å²) in [5.74, 6) is 0.844. The number of para-hydroxylation sites is 4. The molecular formula is C34H24N4. The van der Waals surface area contributed by atoms with Gasteiger partial charge < -0.3 is 0 Å². The molecule has 3 heterocycles. The summed E-state index contributed by atoms with van der Waals surface area (Å²) < 4.78 is 4.53. The van der Waals surface area contributed by atoms with Crippen LogP contribution < -0.4 is 0 Å². The minimum absolute atomic E-state index is 0.844. The van der Waals surface area contributed by atoms with Crippen molar-refractivity contribution in [3.8, 4) is 17.1 Å². The molecule has 0 aliphatic rings. The van der Waals surface area contributed by atoms with Crippen LogP contribution in [0.15, 0.2) is 109 Å². The number of benzene rings is 5. The quantitative estimate of drug-likeness (QED) is 0.245. The zero-order valence-corrected chi connectivity index (χ0v) is 21.2. The third kappa shape index (κ3) is 2.97. The zero-order valence-electron chi connectivity index (χ0n) is 21.2. The van der Waals surface area contributed by atoms with Crippen LogP contribution in [-0.4, -0.2) is 18.9 Å². The molecule has 0 aliphatic carbocycles. The maximum atomic E-state index is 5.29. The molecule has 0 radical (unpaired) electrons. The number of hydrogen-bond donors (Lipinski definition) is 0.